The first kappa shape index (κ1) is 15.2. The highest BCUT2D eigenvalue weighted by Crippen LogP contribution is 2.55. The number of ether oxygens (including phenoxy) is 1. The zero-order chi connectivity index (χ0) is 15.6. The van der Waals surface area contributed by atoms with Crippen molar-refractivity contribution in [3.05, 3.63) is 0 Å². The Hall–Kier alpha value is -1.20. The molecule has 4 nitrogen and oxygen atoms in total. The number of ketones is 1. The molecule has 2 atom stereocenters. The number of hydrogen-bond donors (Lipinski definition) is 0. The van der Waals surface area contributed by atoms with E-state index in [1.54, 1.807) is 27.7 Å². The van der Waals surface area contributed by atoms with E-state index >= 15 is 0 Å². The largest absolute Gasteiger partial charge is 0.444 e. The molecule has 114 valence electrons. The van der Waals surface area contributed by atoms with Gasteiger partial charge in [-0.2, -0.15) is 8.78 Å². The molecule has 6 heteroatoms. The van der Waals surface area contributed by atoms with Crippen molar-refractivity contribution >= 4 is 11.9 Å². The molecule has 0 aromatic heterocycles. The highest BCUT2D eigenvalue weighted by Gasteiger charge is 2.72. The second kappa shape index (κ2) is 3.92. The minimum Gasteiger partial charge on any atom is -0.444 e. The second-order valence-electron chi connectivity index (χ2n) is 7.26. The number of Topliss-reactive ketones (excluding diaryl/α,β-unsaturated/α-hetero) is 1. The molecule has 2 fully saturated rings. The highest BCUT2D eigenvalue weighted by molar-refractivity contribution is 5.92. The van der Waals surface area contributed by atoms with Crippen LogP contribution in [0.15, 0.2) is 0 Å². The molecule has 0 spiro atoms. The van der Waals surface area contributed by atoms with E-state index in [1.807, 2.05) is 0 Å². The van der Waals surface area contributed by atoms with Gasteiger partial charge in [0.15, 0.2) is 0 Å². The Bertz CT molecular complexity index is 472. The predicted octanol–water partition coefficient (Wildman–Crippen LogP) is 3.14. The van der Waals surface area contributed by atoms with Gasteiger partial charge >= 0.3 is 12.0 Å². The summed E-state index contributed by atoms with van der Waals surface area (Å²) in [6.07, 6.45) is -0.618. The van der Waals surface area contributed by atoms with Crippen LogP contribution >= 0.6 is 0 Å². The highest BCUT2D eigenvalue weighted by atomic mass is 19.3. The fraction of sp³-hybridized carbons (Fsp3) is 0.857. The van der Waals surface area contributed by atoms with Crippen molar-refractivity contribution in [2.45, 2.75) is 76.5 Å². The van der Waals surface area contributed by atoms with E-state index < -0.39 is 34.5 Å². The molecule has 2 rings (SSSR count). The Kier molecular flexibility index (Phi) is 2.98. The van der Waals surface area contributed by atoms with E-state index in [9.17, 15) is 18.4 Å². The fourth-order valence-corrected chi connectivity index (χ4v) is 3.28. The number of nitrogens with zero attached hydrogens (tertiary/aromatic N) is 1. The maximum absolute atomic E-state index is 14.3. The lowest BCUT2D eigenvalue weighted by molar-refractivity contribution is -0.182. The third-order valence-corrected chi connectivity index (χ3v) is 4.33. The molecule has 2 saturated heterocycles. The molecular formula is C14H21F2NO3. The molecule has 0 aromatic rings. The normalized spacial score (nSPS) is 36.1. The minimum absolute atomic E-state index is 0.0987. The fourth-order valence-electron chi connectivity index (χ4n) is 3.28. The Morgan fingerprint density at radius 2 is 1.80 bits per heavy atom. The molecule has 0 saturated carbocycles. The van der Waals surface area contributed by atoms with Crippen LogP contribution in [-0.4, -0.2) is 39.4 Å². The third-order valence-electron chi connectivity index (χ3n) is 4.33. The van der Waals surface area contributed by atoms with Crippen molar-refractivity contribution in [3.63, 3.8) is 0 Å². The lowest BCUT2D eigenvalue weighted by Gasteiger charge is -2.50. The molecule has 2 aliphatic heterocycles. The summed E-state index contributed by atoms with van der Waals surface area (Å²) in [6.45, 7) is 8.01. The monoisotopic (exact) mass is 289 g/mol. The van der Waals surface area contributed by atoms with Crippen molar-refractivity contribution in [2.24, 2.45) is 0 Å². The summed E-state index contributed by atoms with van der Waals surface area (Å²) in [5.41, 5.74) is -3.44. The molecule has 2 bridgehead atoms. The Labute approximate surface area is 117 Å². The van der Waals surface area contributed by atoms with Gasteiger partial charge < -0.3 is 4.74 Å². The standard InChI is InChI=1S/C14H21F2NO3/c1-11(2,3)20-10(19)17-12(4)6-7-13(17,5)14(15,16)9(18)8-12/h6-8H2,1-5H3/t12-,13+/m1/s1. The number of carbonyl (C=O) groups excluding carboxylic acids is 2. The summed E-state index contributed by atoms with van der Waals surface area (Å²) in [7, 11) is 0. The molecule has 0 N–H and O–H groups in total. The van der Waals surface area contributed by atoms with Crippen LogP contribution < -0.4 is 0 Å². The molecular weight excluding hydrogens is 268 g/mol. The molecule has 0 unspecified atom stereocenters. The Morgan fingerprint density at radius 3 is 2.30 bits per heavy atom. The van der Waals surface area contributed by atoms with Gasteiger partial charge in [-0.1, -0.05) is 0 Å². The van der Waals surface area contributed by atoms with Gasteiger partial charge in [0, 0.05) is 6.42 Å². The number of amides is 1. The van der Waals surface area contributed by atoms with E-state index in [0.717, 1.165) is 4.90 Å². The first-order chi connectivity index (χ1) is 8.83. The van der Waals surface area contributed by atoms with Crippen LogP contribution in [0.25, 0.3) is 0 Å². The predicted molar refractivity (Wildman–Crippen MR) is 68.7 cm³/mol. The number of piperidine rings is 1. The summed E-state index contributed by atoms with van der Waals surface area (Å²) in [4.78, 5) is 25.2. The van der Waals surface area contributed by atoms with Gasteiger partial charge in [-0.15, -0.1) is 0 Å². The SMILES string of the molecule is CC(C)(C)OC(=O)N1[C@]2(C)CC[C@@]1(C)C(F)(F)C(=O)C2. The van der Waals surface area contributed by atoms with Crippen LogP contribution in [0.4, 0.5) is 13.6 Å². The molecule has 1 amide bonds. The minimum atomic E-state index is -3.53. The summed E-state index contributed by atoms with van der Waals surface area (Å²) < 4.78 is 33.8. The van der Waals surface area contributed by atoms with Crippen LogP contribution in [-0.2, 0) is 9.53 Å². The number of rotatable bonds is 0. The van der Waals surface area contributed by atoms with E-state index in [1.165, 1.54) is 6.92 Å². The average molecular weight is 289 g/mol. The van der Waals surface area contributed by atoms with Crippen LogP contribution in [0.1, 0.15) is 53.9 Å². The molecule has 0 aromatic carbocycles. The number of halogens is 2. The van der Waals surface area contributed by atoms with Gasteiger partial charge in [0.25, 0.3) is 0 Å². The van der Waals surface area contributed by atoms with Gasteiger partial charge in [0.05, 0.1) is 5.54 Å². The topological polar surface area (TPSA) is 46.6 Å². The van der Waals surface area contributed by atoms with E-state index in [0.29, 0.717) is 6.42 Å². The number of fused-ring (bicyclic) bond motifs is 2. The van der Waals surface area contributed by atoms with Gasteiger partial charge in [-0.3, -0.25) is 9.69 Å². The number of carbonyl (C=O) groups is 2. The first-order valence-electron chi connectivity index (χ1n) is 6.78. The number of alkyl halides is 2. The summed E-state index contributed by atoms with van der Waals surface area (Å²) >= 11 is 0. The second-order valence-corrected chi connectivity index (χ2v) is 7.26. The molecule has 0 aliphatic carbocycles. The van der Waals surface area contributed by atoms with Crippen molar-refractivity contribution in [1.29, 1.82) is 0 Å². The van der Waals surface area contributed by atoms with Gasteiger partial charge in [0.2, 0.25) is 5.78 Å². The van der Waals surface area contributed by atoms with Gasteiger partial charge in [-0.05, 0) is 47.5 Å². The first-order valence-corrected chi connectivity index (χ1v) is 6.78. The van der Waals surface area contributed by atoms with Gasteiger partial charge in [0.1, 0.15) is 11.1 Å². The van der Waals surface area contributed by atoms with Crippen molar-refractivity contribution in [3.8, 4) is 0 Å². The van der Waals surface area contributed by atoms with Crippen LogP contribution in [0.3, 0.4) is 0 Å². The zero-order valence-electron chi connectivity index (χ0n) is 12.5. The average Bonchev–Trinajstić information content (AvgIpc) is 2.45. The zero-order valence-corrected chi connectivity index (χ0v) is 12.5. The van der Waals surface area contributed by atoms with Crippen LogP contribution in [0.5, 0.6) is 0 Å². The van der Waals surface area contributed by atoms with Gasteiger partial charge in [-0.25, -0.2) is 4.79 Å². The van der Waals surface area contributed by atoms with Crippen molar-refractivity contribution < 1.29 is 23.1 Å². The van der Waals surface area contributed by atoms with E-state index in [4.69, 9.17) is 4.74 Å². The van der Waals surface area contributed by atoms with Crippen molar-refractivity contribution in [2.75, 3.05) is 0 Å². The Balaban J connectivity index is 2.43. The lowest BCUT2D eigenvalue weighted by Crippen LogP contribution is -2.69. The third kappa shape index (κ3) is 1.91. The van der Waals surface area contributed by atoms with Crippen LogP contribution in [0, 0.1) is 0 Å². The summed E-state index contributed by atoms with van der Waals surface area (Å²) in [6, 6.07) is 0. The summed E-state index contributed by atoms with van der Waals surface area (Å²) in [5.74, 6) is -4.61. The number of hydrogen-bond acceptors (Lipinski definition) is 3. The molecule has 0 radical (unpaired) electrons. The molecule has 2 heterocycles. The molecule has 2 aliphatic rings. The maximum atomic E-state index is 14.3. The summed E-state index contributed by atoms with van der Waals surface area (Å²) in [5, 5.41) is 0. The molecule has 20 heavy (non-hydrogen) atoms. The van der Waals surface area contributed by atoms with Crippen molar-refractivity contribution in [1.82, 2.24) is 4.90 Å². The maximum Gasteiger partial charge on any atom is 0.411 e. The smallest absolute Gasteiger partial charge is 0.411 e. The quantitative estimate of drug-likeness (QED) is 0.688. The van der Waals surface area contributed by atoms with Crippen LogP contribution in [0.2, 0.25) is 0 Å². The lowest BCUT2D eigenvalue weighted by atomic mass is 9.82. The Morgan fingerprint density at radius 1 is 1.25 bits per heavy atom. The van der Waals surface area contributed by atoms with E-state index in [-0.39, 0.29) is 12.8 Å². The van der Waals surface area contributed by atoms with E-state index in [2.05, 4.69) is 0 Å².